The molecule has 7 nitrogen and oxygen atoms in total. The summed E-state index contributed by atoms with van der Waals surface area (Å²) in [6.45, 7) is 0.142. The van der Waals surface area contributed by atoms with E-state index < -0.39 is 16.9 Å². The van der Waals surface area contributed by atoms with Crippen LogP contribution in [-0.4, -0.2) is 28.9 Å². The van der Waals surface area contributed by atoms with Crippen molar-refractivity contribution in [1.82, 2.24) is 4.90 Å². The van der Waals surface area contributed by atoms with E-state index in [1.165, 1.54) is 12.1 Å². The second kappa shape index (κ2) is 7.11. The van der Waals surface area contributed by atoms with Crippen molar-refractivity contribution in [1.29, 1.82) is 5.26 Å². The van der Waals surface area contributed by atoms with Crippen LogP contribution >= 0.6 is 0 Å². The first-order valence-corrected chi connectivity index (χ1v) is 7.70. The van der Waals surface area contributed by atoms with Crippen LogP contribution in [0.3, 0.4) is 0 Å². The zero-order valence-corrected chi connectivity index (χ0v) is 13.2. The molecular weight excluding hydrogens is 322 g/mol. The van der Waals surface area contributed by atoms with Gasteiger partial charge in [-0.05, 0) is 23.3 Å². The highest BCUT2D eigenvalue weighted by Crippen LogP contribution is 2.33. The Morgan fingerprint density at radius 3 is 2.48 bits per heavy atom. The molecule has 0 saturated carbocycles. The summed E-state index contributed by atoms with van der Waals surface area (Å²) in [6, 6.07) is 16.6. The first kappa shape index (κ1) is 16.6. The van der Waals surface area contributed by atoms with Crippen molar-refractivity contribution in [2.45, 2.75) is 12.1 Å². The Hall–Kier alpha value is -3.24. The second-order valence-corrected chi connectivity index (χ2v) is 5.66. The molecule has 126 valence electrons. The first-order valence-electron chi connectivity index (χ1n) is 7.70. The molecule has 1 aliphatic rings. The first-order chi connectivity index (χ1) is 12.1. The topological polar surface area (TPSA) is 96.5 Å². The minimum absolute atomic E-state index is 0.0191. The maximum Gasteiger partial charge on any atom is 0.320 e. The van der Waals surface area contributed by atoms with Gasteiger partial charge in [0, 0.05) is 12.1 Å². The highest BCUT2D eigenvalue weighted by Gasteiger charge is 2.35. The Kier molecular flexibility index (Phi) is 4.73. The van der Waals surface area contributed by atoms with E-state index >= 15 is 0 Å². The number of rotatable bonds is 4. The Morgan fingerprint density at radius 1 is 1.20 bits per heavy atom. The largest absolute Gasteiger partial charge is 0.463 e. The number of hydrogen-bond donors (Lipinski definition) is 0. The van der Waals surface area contributed by atoms with Crippen LogP contribution in [0, 0.1) is 21.4 Å². The Balaban J connectivity index is 1.94. The Labute approximate surface area is 144 Å². The van der Waals surface area contributed by atoms with Gasteiger partial charge in [-0.25, -0.2) is 0 Å². The van der Waals surface area contributed by atoms with Crippen LogP contribution in [0.15, 0.2) is 54.6 Å². The lowest BCUT2D eigenvalue weighted by atomic mass is 9.99. The number of cyclic esters (lactones) is 1. The van der Waals surface area contributed by atoms with Gasteiger partial charge in [0.2, 0.25) is 0 Å². The monoisotopic (exact) mass is 337 g/mol. The van der Waals surface area contributed by atoms with Crippen LogP contribution < -0.4 is 0 Å². The maximum atomic E-state index is 11.8. The summed E-state index contributed by atoms with van der Waals surface area (Å²) in [6.07, 6.45) is 0. The van der Waals surface area contributed by atoms with Crippen molar-refractivity contribution in [2.24, 2.45) is 0 Å². The van der Waals surface area contributed by atoms with Gasteiger partial charge in [0.05, 0.1) is 23.6 Å². The van der Waals surface area contributed by atoms with Crippen LogP contribution in [0.2, 0.25) is 0 Å². The molecule has 7 heteroatoms. The fraction of sp³-hybridized carbons (Fsp3) is 0.222. The number of non-ortho nitro benzene ring substituents is 1. The third kappa shape index (κ3) is 3.49. The van der Waals surface area contributed by atoms with Crippen LogP contribution in [-0.2, 0) is 9.53 Å². The molecule has 0 amide bonds. The van der Waals surface area contributed by atoms with Crippen molar-refractivity contribution in [3.63, 3.8) is 0 Å². The van der Waals surface area contributed by atoms with Gasteiger partial charge in [0.25, 0.3) is 5.69 Å². The normalized spacial score (nSPS) is 18.8. The Morgan fingerprint density at radius 2 is 1.88 bits per heavy atom. The van der Waals surface area contributed by atoms with Gasteiger partial charge in [-0.1, -0.05) is 30.3 Å². The summed E-state index contributed by atoms with van der Waals surface area (Å²) in [5.41, 5.74) is 1.50. The zero-order chi connectivity index (χ0) is 17.8. The predicted molar refractivity (Wildman–Crippen MR) is 88.3 cm³/mol. The molecule has 25 heavy (non-hydrogen) atoms. The third-order valence-corrected chi connectivity index (χ3v) is 4.17. The van der Waals surface area contributed by atoms with Gasteiger partial charge in [-0.2, -0.15) is 5.26 Å². The molecule has 0 aromatic heterocycles. The summed E-state index contributed by atoms with van der Waals surface area (Å²) < 4.78 is 5.18. The van der Waals surface area contributed by atoms with E-state index in [4.69, 9.17) is 4.74 Å². The summed E-state index contributed by atoms with van der Waals surface area (Å²) in [7, 11) is 0. The molecule has 0 bridgehead atoms. The van der Waals surface area contributed by atoms with Crippen molar-refractivity contribution in [2.75, 3.05) is 13.2 Å². The quantitative estimate of drug-likeness (QED) is 0.483. The van der Waals surface area contributed by atoms with E-state index in [2.05, 4.69) is 6.07 Å². The molecule has 2 atom stereocenters. The molecule has 0 radical (unpaired) electrons. The summed E-state index contributed by atoms with van der Waals surface area (Å²) >= 11 is 0. The fourth-order valence-corrected chi connectivity index (χ4v) is 2.93. The minimum atomic E-state index is -0.709. The number of carbonyl (C=O) groups excluding carboxylic acids is 1. The van der Waals surface area contributed by atoms with E-state index in [9.17, 15) is 20.2 Å². The minimum Gasteiger partial charge on any atom is -0.463 e. The van der Waals surface area contributed by atoms with Crippen molar-refractivity contribution in [3.05, 3.63) is 75.8 Å². The SMILES string of the molecule is N#C[C@H](c1ccc([N+](=O)[O-])cc1)N1CC(=O)OC[C@@H]1c1ccccc1. The van der Waals surface area contributed by atoms with Gasteiger partial charge in [0.15, 0.2) is 0 Å². The van der Waals surface area contributed by atoms with Gasteiger partial charge in [0.1, 0.15) is 12.6 Å². The van der Waals surface area contributed by atoms with Crippen molar-refractivity contribution < 1.29 is 14.5 Å². The molecule has 1 fully saturated rings. The number of morpholine rings is 1. The summed E-state index contributed by atoms with van der Waals surface area (Å²) in [5.74, 6) is -0.394. The van der Waals surface area contributed by atoms with Crippen molar-refractivity contribution in [3.8, 4) is 6.07 Å². The zero-order valence-electron chi connectivity index (χ0n) is 13.2. The molecule has 0 N–H and O–H groups in total. The van der Waals surface area contributed by atoms with Gasteiger partial charge >= 0.3 is 5.97 Å². The molecule has 1 heterocycles. The number of ether oxygens (including phenoxy) is 1. The molecule has 2 aromatic carbocycles. The average Bonchev–Trinajstić information content (AvgIpc) is 2.64. The van der Waals surface area contributed by atoms with Crippen molar-refractivity contribution >= 4 is 11.7 Å². The molecule has 1 saturated heterocycles. The highest BCUT2D eigenvalue weighted by atomic mass is 16.6. The number of nitro benzene ring substituents is 1. The van der Waals surface area contributed by atoms with Gasteiger partial charge < -0.3 is 4.74 Å². The molecule has 2 aromatic rings. The lowest BCUT2D eigenvalue weighted by Crippen LogP contribution is -2.44. The van der Waals surface area contributed by atoms with E-state index in [0.29, 0.717) is 5.56 Å². The lowest BCUT2D eigenvalue weighted by Gasteiger charge is -2.37. The summed E-state index contributed by atoms with van der Waals surface area (Å²) in [5, 5.41) is 20.5. The molecular formula is C18H15N3O4. The van der Waals surface area contributed by atoms with E-state index in [0.717, 1.165) is 5.56 Å². The van der Waals surface area contributed by atoms with Crippen LogP contribution in [0.1, 0.15) is 23.2 Å². The third-order valence-electron chi connectivity index (χ3n) is 4.17. The molecule has 0 aliphatic carbocycles. The van der Waals surface area contributed by atoms with E-state index in [1.807, 2.05) is 30.3 Å². The highest BCUT2D eigenvalue weighted by molar-refractivity contribution is 5.72. The van der Waals surface area contributed by atoms with Crippen LogP contribution in [0.4, 0.5) is 5.69 Å². The maximum absolute atomic E-state index is 11.8. The number of esters is 1. The molecule has 3 rings (SSSR count). The average molecular weight is 337 g/mol. The Bertz CT molecular complexity index is 814. The number of benzene rings is 2. The smallest absolute Gasteiger partial charge is 0.320 e. The summed E-state index contributed by atoms with van der Waals surface area (Å²) in [4.78, 5) is 23.9. The van der Waals surface area contributed by atoms with Crippen LogP contribution in [0.25, 0.3) is 0 Å². The number of carbonyl (C=O) groups is 1. The second-order valence-electron chi connectivity index (χ2n) is 5.66. The molecule has 0 spiro atoms. The predicted octanol–water partition coefficient (Wildman–Crippen LogP) is 2.76. The molecule has 0 unspecified atom stereocenters. The fourth-order valence-electron chi connectivity index (χ4n) is 2.93. The number of nitriles is 1. The standard InChI is InChI=1S/C18H15N3O4/c19-10-16(14-6-8-15(9-7-14)21(23)24)20-11-18(22)25-12-17(20)13-4-2-1-3-5-13/h1-9,16-17H,11-12H2/t16-,17-/m1/s1. The van der Waals surface area contributed by atoms with Gasteiger partial charge in [-0.3, -0.25) is 19.8 Å². The number of nitro groups is 1. The lowest BCUT2D eigenvalue weighted by molar-refractivity contribution is -0.384. The van der Waals surface area contributed by atoms with E-state index in [1.54, 1.807) is 17.0 Å². The number of nitrogens with zero attached hydrogens (tertiary/aromatic N) is 3. The number of hydrogen-bond acceptors (Lipinski definition) is 6. The van der Waals surface area contributed by atoms with Crippen LogP contribution in [0.5, 0.6) is 0 Å². The van der Waals surface area contributed by atoms with Gasteiger partial charge in [-0.15, -0.1) is 0 Å². The molecule has 1 aliphatic heterocycles. The van der Waals surface area contributed by atoms with E-state index in [-0.39, 0.29) is 24.9 Å².